The molecule has 0 saturated carbocycles. The summed E-state index contributed by atoms with van der Waals surface area (Å²) < 4.78 is 0.314. The topological polar surface area (TPSA) is 28.5 Å². The van der Waals surface area contributed by atoms with E-state index in [1.165, 1.54) is 19.6 Å². The summed E-state index contributed by atoms with van der Waals surface area (Å²) in [6.07, 6.45) is 0. The predicted molar refractivity (Wildman–Crippen MR) is 85.7 cm³/mol. The van der Waals surface area contributed by atoms with Crippen LogP contribution in [0.25, 0.3) is 0 Å². The van der Waals surface area contributed by atoms with Gasteiger partial charge in [-0.2, -0.15) is 0 Å². The number of hydrogen-bond donors (Lipinski definition) is 3. The van der Waals surface area contributed by atoms with E-state index in [0.717, 1.165) is 5.69 Å². The molecule has 102 valence electrons. The fourth-order valence-electron chi connectivity index (χ4n) is 1.39. The van der Waals surface area contributed by atoms with Crippen molar-refractivity contribution in [3.8, 4) is 0 Å². The highest BCUT2D eigenvalue weighted by Gasteiger charge is 1.92. The molecule has 5 heteroatoms. The molecule has 0 atom stereocenters. The second-order valence-corrected chi connectivity index (χ2v) is 4.79. The lowest BCUT2D eigenvalue weighted by Crippen LogP contribution is -3.11. The quantitative estimate of drug-likeness (QED) is 0.433. The van der Waals surface area contributed by atoms with E-state index in [1.54, 1.807) is 4.90 Å². The van der Waals surface area contributed by atoms with Gasteiger partial charge in [-0.05, 0) is 37.2 Å². The van der Waals surface area contributed by atoms with Crippen LogP contribution in [0.4, 0.5) is 5.69 Å². The van der Waals surface area contributed by atoms with E-state index in [-0.39, 0.29) is 0 Å². The summed E-state index contributed by atoms with van der Waals surface area (Å²) in [5.74, 6) is 0. The number of nitrogens with one attached hydrogen (secondary N) is 3. The van der Waals surface area contributed by atoms with Crippen LogP contribution < -0.4 is 15.8 Å². The average Bonchev–Trinajstić information content (AvgIpc) is 2.40. The monoisotopic (exact) mass is 285 g/mol. The van der Waals surface area contributed by atoms with Crippen LogP contribution in [0, 0.1) is 0 Å². The zero-order chi connectivity index (χ0) is 13.8. The Morgan fingerprint density at radius 1 is 1.11 bits per heavy atom. The summed E-state index contributed by atoms with van der Waals surface area (Å²) in [4.78, 5) is 1.68. The Morgan fingerprint density at radius 3 is 1.94 bits per heavy atom. The maximum absolute atomic E-state index is 4.64. The number of thiocarbonyl (C=S) groups is 1. The molecule has 0 aliphatic heterocycles. The van der Waals surface area contributed by atoms with Gasteiger partial charge in [0.2, 0.25) is 0 Å². The van der Waals surface area contributed by atoms with E-state index in [0.29, 0.717) is 4.32 Å². The zero-order valence-electron chi connectivity index (χ0n) is 11.3. The van der Waals surface area contributed by atoms with Crippen molar-refractivity contribution in [2.45, 2.75) is 20.8 Å². The van der Waals surface area contributed by atoms with Crippen LogP contribution in [0.15, 0.2) is 30.3 Å². The fourth-order valence-corrected chi connectivity index (χ4v) is 1.50. The van der Waals surface area contributed by atoms with Crippen LogP contribution in [0.3, 0.4) is 0 Å². The van der Waals surface area contributed by atoms with Gasteiger partial charge in [0.05, 0.1) is 25.3 Å². The molecule has 0 heterocycles. The molecule has 0 aromatic heterocycles. The largest absolute Gasteiger partial charge is 0.410 e. The molecule has 0 saturated heterocycles. The average molecular weight is 285 g/mol. The van der Waals surface area contributed by atoms with Gasteiger partial charge >= 0.3 is 0 Å². The molecule has 0 aliphatic rings. The number of quaternary nitrogens is 1. The maximum Gasteiger partial charge on any atom is 0.0742 e. The first kappa shape index (κ1) is 17.1. The highest BCUT2D eigenvalue weighted by atomic mass is 32.1. The molecule has 0 fully saturated rings. The first-order chi connectivity index (χ1) is 8.63. The Balaban J connectivity index is 0.000000360. The summed E-state index contributed by atoms with van der Waals surface area (Å²) in [5, 5.41) is 0. The van der Waals surface area contributed by atoms with Gasteiger partial charge in [-0.3, -0.25) is 0 Å². The van der Waals surface area contributed by atoms with E-state index >= 15 is 0 Å². The van der Waals surface area contributed by atoms with Gasteiger partial charge in [0, 0.05) is 0 Å². The third kappa shape index (κ3) is 9.15. The van der Waals surface area contributed by atoms with E-state index in [9.17, 15) is 0 Å². The van der Waals surface area contributed by atoms with Gasteiger partial charge in [0.15, 0.2) is 0 Å². The summed E-state index contributed by atoms with van der Waals surface area (Å²) in [6, 6.07) is 9.63. The van der Waals surface area contributed by atoms with E-state index in [4.69, 9.17) is 0 Å². The van der Waals surface area contributed by atoms with Crippen molar-refractivity contribution in [3.05, 3.63) is 30.3 Å². The van der Waals surface area contributed by atoms with Crippen LogP contribution >= 0.6 is 12.2 Å². The van der Waals surface area contributed by atoms with Gasteiger partial charge in [-0.15, -0.1) is 0 Å². The molecular formula is C13H23N3S2. The molecule has 0 spiro atoms. The zero-order valence-corrected chi connectivity index (χ0v) is 13.0. The number of para-hydroxylation sites is 1. The van der Waals surface area contributed by atoms with Crippen molar-refractivity contribution >= 4 is 34.9 Å². The van der Waals surface area contributed by atoms with Crippen LogP contribution in [-0.2, 0) is 12.6 Å². The molecule has 0 bridgehead atoms. The minimum atomic E-state index is 0.314. The minimum absolute atomic E-state index is 0.314. The third-order valence-electron chi connectivity index (χ3n) is 2.58. The SMILES string of the molecule is CC[NH+](CC)CC.S=C([S-])NNc1ccccc1. The summed E-state index contributed by atoms with van der Waals surface area (Å²) in [7, 11) is 0. The lowest BCUT2D eigenvalue weighted by Gasteiger charge is -2.11. The van der Waals surface area contributed by atoms with E-state index in [2.05, 4.69) is 56.5 Å². The molecule has 0 radical (unpaired) electrons. The Bertz CT molecular complexity index is 308. The van der Waals surface area contributed by atoms with Crippen LogP contribution in [0.2, 0.25) is 0 Å². The molecule has 3 N–H and O–H groups in total. The van der Waals surface area contributed by atoms with Crippen molar-refractivity contribution in [1.82, 2.24) is 5.43 Å². The first-order valence-corrected chi connectivity index (χ1v) is 7.07. The Kier molecular flexibility index (Phi) is 10.6. The summed E-state index contributed by atoms with van der Waals surface area (Å²) in [5.41, 5.74) is 6.45. The highest BCUT2D eigenvalue weighted by molar-refractivity contribution is 8.00. The summed E-state index contributed by atoms with van der Waals surface area (Å²) >= 11 is 9.27. The second-order valence-electron chi connectivity index (χ2n) is 3.71. The highest BCUT2D eigenvalue weighted by Crippen LogP contribution is 2.01. The molecular weight excluding hydrogens is 262 g/mol. The maximum atomic E-state index is 4.64. The van der Waals surface area contributed by atoms with Gasteiger partial charge in [0.1, 0.15) is 0 Å². The third-order valence-corrected chi connectivity index (χ3v) is 2.79. The summed E-state index contributed by atoms with van der Waals surface area (Å²) in [6.45, 7) is 10.5. The Morgan fingerprint density at radius 2 is 1.61 bits per heavy atom. The van der Waals surface area contributed by atoms with Crippen molar-refractivity contribution in [3.63, 3.8) is 0 Å². The minimum Gasteiger partial charge on any atom is -0.410 e. The number of benzene rings is 1. The van der Waals surface area contributed by atoms with Crippen molar-refractivity contribution in [2.75, 3.05) is 25.1 Å². The lowest BCUT2D eigenvalue weighted by molar-refractivity contribution is -0.894. The fraction of sp³-hybridized carbons (Fsp3) is 0.462. The molecule has 1 rings (SSSR count). The van der Waals surface area contributed by atoms with Gasteiger partial charge in [-0.25, -0.2) is 0 Å². The standard InChI is InChI=1S/C7H8N2S2.C6H15N/c10-7(11)9-8-6-4-2-1-3-5-6;1-4-7(5-2)6-3/h1-5,8H,(H2,9,10,11);4-6H2,1-3H3. The molecule has 0 amide bonds. The Hall–Kier alpha value is -0.910. The smallest absolute Gasteiger partial charge is 0.0742 e. The molecule has 0 unspecified atom stereocenters. The molecule has 1 aromatic carbocycles. The van der Waals surface area contributed by atoms with E-state index in [1.807, 2.05) is 30.3 Å². The van der Waals surface area contributed by atoms with Crippen molar-refractivity contribution in [2.24, 2.45) is 0 Å². The van der Waals surface area contributed by atoms with Crippen LogP contribution in [-0.4, -0.2) is 24.0 Å². The van der Waals surface area contributed by atoms with Crippen molar-refractivity contribution in [1.29, 1.82) is 0 Å². The van der Waals surface area contributed by atoms with E-state index < -0.39 is 0 Å². The van der Waals surface area contributed by atoms with Crippen LogP contribution in [0.5, 0.6) is 0 Å². The Labute approximate surface area is 121 Å². The number of hydrazine groups is 1. The number of anilines is 1. The first-order valence-electron chi connectivity index (χ1n) is 6.25. The van der Waals surface area contributed by atoms with Crippen LogP contribution in [0.1, 0.15) is 20.8 Å². The van der Waals surface area contributed by atoms with Crippen molar-refractivity contribution < 1.29 is 4.90 Å². The molecule has 1 aromatic rings. The molecule has 0 aliphatic carbocycles. The van der Waals surface area contributed by atoms with Gasteiger partial charge in [-0.1, -0.05) is 18.2 Å². The second kappa shape index (κ2) is 11.2. The number of rotatable bonds is 5. The molecule has 3 nitrogen and oxygen atoms in total. The normalized spacial score (nSPS) is 9.33. The van der Waals surface area contributed by atoms with Gasteiger partial charge in [0.25, 0.3) is 0 Å². The lowest BCUT2D eigenvalue weighted by atomic mass is 10.3. The van der Waals surface area contributed by atoms with Gasteiger partial charge < -0.3 is 40.6 Å². The predicted octanol–water partition coefficient (Wildman–Crippen LogP) is 1.37. The number of hydrogen-bond acceptors (Lipinski definition) is 3. The molecule has 18 heavy (non-hydrogen) atoms.